The van der Waals surface area contributed by atoms with Crippen LogP contribution in [0.3, 0.4) is 0 Å². The van der Waals surface area contributed by atoms with E-state index >= 15 is 0 Å². The summed E-state index contributed by atoms with van der Waals surface area (Å²) in [5, 5.41) is 0. The van der Waals surface area contributed by atoms with Crippen molar-refractivity contribution in [1.82, 2.24) is 4.90 Å². The van der Waals surface area contributed by atoms with Gasteiger partial charge in [-0.25, -0.2) is 0 Å². The number of rotatable bonds is 7. The maximum atomic E-state index is 6.04. The van der Waals surface area contributed by atoms with Crippen molar-refractivity contribution in [3.8, 4) is 16.9 Å². The highest BCUT2D eigenvalue weighted by Crippen LogP contribution is 2.29. The van der Waals surface area contributed by atoms with Crippen molar-refractivity contribution >= 4 is 12.4 Å². The number of hydrogen-bond donors (Lipinski definition) is 0. The van der Waals surface area contributed by atoms with E-state index in [2.05, 4.69) is 47.4 Å². The van der Waals surface area contributed by atoms with Gasteiger partial charge in [0.05, 0.1) is 6.61 Å². The average molecular weight is 332 g/mol. The fourth-order valence-electron chi connectivity index (χ4n) is 3.07. The molecule has 1 aliphatic heterocycles. The van der Waals surface area contributed by atoms with Crippen LogP contribution < -0.4 is 4.74 Å². The van der Waals surface area contributed by atoms with Gasteiger partial charge in [0, 0.05) is 5.56 Å². The van der Waals surface area contributed by atoms with Crippen LogP contribution in [0.25, 0.3) is 11.1 Å². The van der Waals surface area contributed by atoms with E-state index in [1.54, 1.807) is 0 Å². The van der Waals surface area contributed by atoms with Crippen molar-refractivity contribution in [2.75, 3.05) is 26.2 Å². The lowest BCUT2D eigenvalue weighted by Crippen LogP contribution is -2.20. The van der Waals surface area contributed by atoms with Gasteiger partial charge in [0.25, 0.3) is 0 Å². The van der Waals surface area contributed by atoms with Gasteiger partial charge >= 0.3 is 0 Å². The van der Waals surface area contributed by atoms with Gasteiger partial charge in [-0.1, -0.05) is 48.5 Å². The van der Waals surface area contributed by atoms with Gasteiger partial charge in [0.2, 0.25) is 0 Å². The summed E-state index contributed by atoms with van der Waals surface area (Å²) < 4.78 is 6.04. The van der Waals surface area contributed by atoms with Crippen LogP contribution in [-0.4, -0.2) is 31.1 Å². The van der Waals surface area contributed by atoms with Gasteiger partial charge in [-0.3, -0.25) is 0 Å². The molecule has 0 radical (unpaired) electrons. The largest absolute Gasteiger partial charge is 0.493 e. The number of nitrogens with zero attached hydrogens (tertiary/aromatic N) is 1. The fraction of sp³-hybridized carbons (Fsp3) is 0.400. The highest BCUT2D eigenvalue weighted by atomic mass is 35.5. The first-order valence-electron chi connectivity index (χ1n) is 8.43. The third-order valence-corrected chi connectivity index (χ3v) is 4.30. The highest BCUT2D eigenvalue weighted by molar-refractivity contribution is 5.85. The van der Waals surface area contributed by atoms with Crippen LogP contribution in [0, 0.1) is 0 Å². The number of benzene rings is 2. The monoisotopic (exact) mass is 331 g/mol. The molecule has 2 nitrogen and oxygen atoms in total. The molecule has 3 heteroatoms. The molecule has 1 saturated heterocycles. The van der Waals surface area contributed by atoms with Crippen LogP contribution >= 0.6 is 12.4 Å². The lowest BCUT2D eigenvalue weighted by molar-refractivity contribution is 0.280. The molecule has 0 bridgehead atoms. The molecule has 2 aromatic rings. The van der Waals surface area contributed by atoms with E-state index in [1.807, 2.05) is 12.1 Å². The minimum atomic E-state index is 0. The maximum absolute atomic E-state index is 6.04. The summed E-state index contributed by atoms with van der Waals surface area (Å²) in [5.74, 6) is 0.995. The standard InChI is InChI=1S/C20H25NO.ClH/c1-2-10-18(11-3-1)19-12-4-5-13-20(19)22-17-9-8-16-21-14-6-7-15-21;/h1-5,10-13H,6-9,14-17H2;1H. The van der Waals surface area contributed by atoms with Crippen LogP contribution in [0.1, 0.15) is 25.7 Å². The number of para-hydroxylation sites is 1. The molecule has 1 heterocycles. The average Bonchev–Trinajstić information content (AvgIpc) is 3.09. The minimum Gasteiger partial charge on any atom is -0.493 e. The van der Waals surface area contributed by atoms with Crippen LogP contribution in [0.5, 0.6) is 5.75 Å². The van der Waals surface area contributed by atoms with Crippen molar-refractivity contribution < 1.29 is 4.74 Å². The zero-order valence-corrected chi connectivity index (χ0v) is 14.4. The molecule has 0 aromatic heterocycles. The lowest BCUT2D eigenvalue weighted by Gasteiger charge is -2.15. The van der Waals surface area contributed by atoms with Gasteiger partial charge in [0.1, 0.15) is 5.75 Å². The summed E-state index contributed by atoms with van der Waals surface area (Å²) in [6.45, 7) is 4.61. The molecule has 0 aliphatic carbocycles. The van der Waals surface area contributed by atoms with Gasteiger partial charge in [-0.15, -0.1) is 12.4 Å². The number of unbranched alkanes of at least 4 members (excludes halogenated alkanes) is 1. The van der Waals surface area contributed by atoms with Crippen molar-refractivity contribution in [2.24, 2.45) is 0 Å². The third-order valence-electron chi connectivity index (χ3n) is 4.30. The number of hydrogen-bond acceptors (Lipinski definition) is 2. The van der Waals surface area contributed by atoms with Gasteiger partial charge in [0.15, 0.2) is 0 Å². The Kier molecular flexibility index (Phi) is 7.44. The summed E-state index contributed by atoms with van der Waals surface area (Å²) in [5.41, 5.74) is 2.40. The summed E-state index contributed by atoms with van der Waals surface area (Å²) in [6.07, 6.45) is 5.11. The Balaban J connectivity index is 0.00000192. The first-order valence-corrected chi connectivity index (χ1v) is 8.43. The summed E-state index contributed by atoms with van der Waals surface area (Å²) in [4.78, 5) is 2.57. The molecular formula is C20H26ClNO. The van der Waals surface area contributed by atoms with Crippen molar-refractivity contribution in [3.63, 3.8) is 0 Å². The predicted molar refractivity (Wildman–Crippen MR) is 99.5 cm³/mol. The number of ether oxygens (including phenoxy) is 1. The summed E-state index contributed by atoms with van der Waals surface area (Å²) in [6, 6.07) is 18.8. The van der Waals surface area contributed by atoms with E-state index in [9.17, 15) is 0 Å². The second kappa shape index (κ2) is 9.59. The SMILES string of the molecule is Cl.c1ccc(-c2ccccc2OCCCCN2CCCC2)cc1. The topological polar surface area (TPSA) is 12.5 Å². The third kappa shape index (κ3) is 5.26. The van der Waals surface area contributed by atoms with E-state index < -0.39 is 0 Å². The molecule has 1 aliphatic rings. The molecule has 0 amide bonds. The molecule has 0 saturated carbocycles. The Morgan fingerprint density at radius 3 is 2.30 bits per heavy atom. The lowest BCUT2D eigenvalue weighted by atomic mass is 10.1. The van der Waals surface area contributed by atoms with Crippen LogP contribution in [0.15, 0.2) is 54.6 Å². The molecule has 23 heavy (non-hydrogen) atoms. The Bertz CT molecular complexity index is 567. The molecule has 1 fully saturated rings. The molecule has 0 spiro atoms. The molecule has 0 atom stereocenters. The molecule has 124 valence electrons. The molecule has 3 rings (SSSR count). The van der Waals surface area contributed by atoms with E-state index in [0.717, 1.165) is 18.8 Å². The highest BCUT2D eigenvalue weighted by Gasteiger charge is 2.10. The Hall–Kier alpha value is -1.51. The van der Waals surface area contributed by atoms with E-state index in [4.69, 9.17) is 4.74 Å². The minimum absolute atomic E-state index is 0. The number of likely N-dealkylation sites (tertiary alicyclic amines) is 1. The van der Waals surface area contributed by atoms with Crippen LogP contribution in [0.2, 0.25) is 0 Å². The fourth-order valence-corrected chi connectivity index (χ4v) is 3.07. The Labute approximate surface area is 145 Å². The first-order chi connectivity index (χ1) is 10.9. The molecule has 0 N–H and O–H groups in total. The summed E-state index contributed by atoms with van der Waals surface area (Å²) >= 11 is 0. The van der Waals surface area contributed by atoms with Crippen molar-refractivity contribution in [3.05, 3.63) is 54.6 Å². The molecular weight excluding hydrogens is 306 g/mol. The predicted octanol–water partition coefficient (Wildman–Crippen LogP) is 5.03. The molecule has 2 aromatic carbocycles. The Morgan fingerprint density at radius 1 is 0.826 bits per heavy atom. The van der Waals surface area contributed by atoms with Gasteiger partial charge < -0.3 is 9.64 Å². The van der Waals surface area contributed by atoms with Gasteiger partial charge in [-0.2, -0.15) is 0 Å². The quantitative estimate of drug-likeness (QED) is 0.660. The molecule has 0 unspecified atom stereocenters. The van der Waals surface area contributed by atoms with Crippen molar-refractivity contribution in [1.29, 1.82) is 0 Å². The maximum Gasteiger partial charge on any atom is 0.127 e. The zero-order chi connectivity index (χ0) is 15.0. The van der Waals surface area contributed by atoms with E-state index in [-0.39, 0.29) is 12.4 Å². The van der Waals surface area contributed by atoms with E-state index in [1.165, 1.54) is 50.0 Å². The first kappa shape index (κ1) is 17.8. The van der Waals surface area contributed by atoms with Gasteiger partial charge in [-0.05, 0) is 56.9 Å². The second-order valence-electron chi connectivity index (χ2n) is 5.97. The zero-order valence-electron chi connectivity index (χ0n) is 13.6. The number of halogens is 1. The van der Waals surface area contributed by atoms with E-state index in [0.29, 0.717) is 0 Å². The van der Waals surface area contributed by atoms with Crippen LogP contribution in [-0.2, 0) is 0 Å². The smallest absolute Gasteiger partial charge is 0.127 e. The Morgan fingerprint density at radius 2 is 1.52 bits per heavy atom. The van der Waals surface area contributed by atoms with Crippen LogP contribution in [0.4, 0.5) is 0 Å². The van der Waals surface area contributed by atoms with Crippen molar-refractivity contribution in [2.45, 2.75) is 25.7 Å². The second-order valence-corrected chi connectivity index (χ2v) is 5.97. The summed E-state index contributed by atoms with van der Waals surface area (Å²) in [7, 11) is 0. The normalized spacial score (nSPS) is 14.4.